The lowest BCUT2D eigenvalue weighted by Gasteiger charge is -2.07. The van der Waals surface area contributed by atoms with Gasteiger partial charge in [0.05, 0.1) is 5.56 Å². The van der Waals surface area contributed by atoms with Crippen molar-refractivity contribution >= 4 is 22.0 Å². The molecule has 0 saturated heterocycles. The Morgan fingerprint density at radius 2 is 1.73 bits per heavy atom. The van der Waals surface area contributed by atoms with Crippen molar-refractivity contribution in [2.24, 2.45) is 0 Å². The maximum absolute atomic E-state index is 12.3. The molecule has 2 aromatic rings. The molecule has 3 rings (SSSR count). The summed E-state index contributed by atoms with van der Waals surface area (Å²) in [4.78, 5) is 23.1. The molecule has 22 heavy (non-hydrogen) atoms. The molecule has 0 atom stereocenters. The zero-order valence-electron chi connectivity index (χ0n) is 11.5. The molecule has 0 bridgehead atoms. The fourth-order valence-electron chi connectivity index (χ4n) is 2.44. The van der Waals surface area contributed by atoms with E-state index in [-0.39, 0.29) is 14.8 Å². The first kappa shape index (κ1) is 14.3. The Morgan fingerprint density at radius 1 is 1.09 bits per heavy atom. The summed E-state index contributed by atoms with van der Waals surface area (Å²) in [5, 5.41) is 9.02. The number of benzene rings is 2. The van der Waals surface area contributed by atoms with Gasteiger partial charge in [-0.15, -0.1) is 4.31 Å². The van der Waals surface area contributed by atoms with E-state index in [1.54, 1.807) is 18.2 Å². The van der Waals surface area contributed by atoms with Gasteiger partial charge >= 0.3 is 6.09 Å². The molecule has 2 amide bonds. The Hall–Kier alpha value is -2.67. The minimum Gasteiger partial charge on any atom is -0.464 e. The smallest absolute Gasteiger partial charge is 0.428 e. The van der Waals surface area contributed by atoms with Crippen molar-refractivity contribution in [3.05, 3.63) is 53.6 Å². The zero-order valence-corrected chi connectivity index (χ0v) is 12.3. The van der Waals surface area contributed by atoms with Gasteiger partial charge in [0, 0.05) is 0 Å². The van der Waals surface area contributed by atoms with Crippen molar-refractivity contribution in [2.45, 2.75) is 11.8 Å². The van der Waals surface area contributed by atoms with Crippen LogP contribution in [0.3, 0.4) is 0 Å². The van der Waals surface area contributed by atoms with Gasteiger partial charge < -0.3 is 5.11 Å². The molecule has 1 aliphatic heterocycles. The number of rotatable bonds is 1. The number of imide groups is 1. The second kappa shape index (κ2) is 4.67. The number of amides is 2. The molecule has 2 aromatic carbocycles. The summed E-state index contributed by atoms with van der Waals surface area (Å²) < 4.78 is 24.3. The molecular weight excluding hydrogens is 306 g/mol. The van der Waals surface area contributed by atoms with Gasteiger partial charge in [-0.1, -0.05) is 42.0 Å². The second-order valence-corrected chi connectivity index (χ2v) is 6.66. The molecule has 0 aromatic heterocycles. The average Bonchev–Trinajstić information content (AvgIpc) is 2.67. The minimum absolute atomic E-state index is 0.103. The molecule has 0 saturated carbocycles. The van der Waals surface area contributed by atoms with E-state index < -0.39 is 22.0 Å². The predicted octanol–water partition coefficient (Wildman–Crippen LogP) is 2.48. The molecule has 0 unspecified atom stereocenters. The molecule has 1 aliphatic rings. The lowest BCUT2D eigenvalue weighted by atomic mass is 9.98. The molecule has 0 aliphatic carbocycles. The third-order valence-electron chi connectivity index (χ3n) is 3.48. The van der Waals surface area contributed by atoms with E-state index >= 15 is 0 Å². The van der Waals surface area contributed by atoms with Gasteiger partial charge in [-0.05, 0) is 24.1 Å². The van der Waals surface area contributed by atoms with Gasteiger partial charge in [0.15, 0.2) is 0 Å². The molecule has 1 heterocycles. The Balaban J connectivity index is 2.29. The lowest BCUT2D eigenvalue weighted by Crippen LogP contribution is -2.34. The topological polar surface area (TPSA) is 91.8 Å². The van der Waals surface area contributed by atoms with E-state index in [4.69, 9.17) is 5.11 Å². The van der Waals surface area contributed by atoms with Crippen LogP contribution in [-0.2, 0) is 10.0 Å². The summed E-state index contributed by atoms with van der Waals surface area (Å²) in [5.41, 5.74) is 1.96. The fourth-order valence-corrected chi connectivity index (χ4v) is 3.86. The van der Waals surface area contributed by atoms with Crippen LogP contribution in [0.1, 0.15) is 15.9 Å². The number of nitrogens with zero attached hydrogens (tertiary/aromatic N) is 1. The van der Waals surface area contributed by atoms with Gasteiger partial charge in [-0.25, -0.2) is 13.2 Å². The highest BCUT2D eigenvalue weighted by Crippen LogP contribution is 2.37. The second-order valence-electron chi connectivity index (χ2n) is 4.90. The maximum atomic E-state index is 12.3. The van der Waals surface area contributed by atoms with Crippen LogP contribution in [0.5, 0.6) is 0 Å². The van der Waals surface area contributed by atoms with Crippen LogP contribution in [0.4, 0.5) is 4.79 Å². The highest BCUT2D eigenvalue weighted by Gasteiger charge is 2.46. The quantitative estimate of drug-likeness (QED) is 0.872. The molecule has 0 radical (unpaired) electrons. The fraction of sp³-hybridized carbons (Fsp3) is 0.0667. The van der Waals surface area contributed by atoms with E-state index in [0.29, 0.717) is 11.1 Å². The van der Waals surface area contributed by atoms with E-state index in [0.717, 1.165) is 5.56 Å². The first-order valence-electron chi connectivity index (χ1n) is 6.36. The summed E-state index contributed by atoms with van der Waals surface area (Å²) in [5.74, 6) is -1.04. The van der Waals surface area contributed by atoms with E-state index in [9.17, 15) is 18.0 Å². The SMILES string of the molecule is Cc1ccc(-c2cccc3c2C(=O)N(C(=O)O)S3(=O)=O)cc1. The normalized spacial score (nSPS) is 15.7. The molecule has 7 heteroatoms. The van der Waals surface area contributed by atoms with Gasteiger partial charge in [-0.3, -0.25) is 4.79 Å². The number of carbonyl (C=O) groups excluding carboxylic acids is 1. The van der Waals surface area contributed by atoms with Crippen molar-refractivity contribution in [2.75, 3.05) is 0 Å². The monoisotopic (exact) mass is 317 g/mol. The molecule has 112 valence electrons. The van der Waals surface area contributed by atoms with Crippen molar-refractivity contribution in [1.29, 1.82) is 0 Å². The number of sulfonamides is 1. The van der Waals surface area contributed by atoms with Crippen LogP contribution in [0, 0.1) is 6.92 Å². The van der Waals surface area contributed by atoms with E-state index in [2.05, 4.69) is 0 Å². The largest absolute Gasteiger partial charge is 0.464 e. The summed E-state index contributed by atoms with van der Waals surface area (Å²) in [6, 6.07) is 11.5. The molecular formula is C15H11NO5S. The van der Waals surface area contributed by atoms with Gasteiger partial charge in [0.25, 0.3) is 15.9 Å². The number of carbonyl (C=O) groups is 2. The predicted molar refractivity (Wildman–Crippen MR) is 78.0 cm³/mol. The van der Waals surface area contributed by atoms with Crippen LogP contribution in [0.2, 0.25) is 0 Å². The molecule has 1 N–H and O–H groups in total. The average molecular weight is 317 g/mol. The number of hydrogen-bond acceptors (Lipinski definition) is 4. The highest BCUT2D eigenvalue weighted by molar-refractivity contribution is 7.90. The number of hydrogen-bond donors (Lipinski definition) is 1. The Bertz CT molecular complexity index is 900. The van der Waals surface area contributed by atoms with Crippen molar-refractivity contribution in [1.82, 2.24) is 4.31 Å². The van der Waals surface area contributed by atoms with Gasteiger partial charge in [0.2, 0.25) is 0 Å². The lowest BCUT2D eigenvalue weighted by molar-refractivity contribution is 0.0861. The first-order valence-corrected chi connectivity index (χ1v) is 7.80. The van der Waals surface area contributed by atoms with Crippen LogP contribution >= 0.6 is 0 Å². The van der Waals surface area contributed by atoms with Crippen molar-refractivity contribution in [3.63, 3.8) is 0 Å². The van der Waals surface area contributed by atoms with Crippen molar-refractivity contribution < 1.29 is 23.1 Å². The van der Waals surface area contributed by atoms with Crippen LogP contribution in [0.25, 0.3) is 11.1 Å². The van der Waals surface area contributed by atoms with Crippen LogP contribution in [0.15, 0.2) is 47.4 Å². The Morgan fingerprint density at radius 3 is 2.32 bits per heavy atom. The van der Waals surface area contributed by atoms with E-state index in [1.807, 2.05) is 19.1 Å². The Kier molecular flexibility index (Phi) is 3.03. The van der Waals surface area contributed by atoms with Crippen LogP contribution in [-0.4, -0.2) is 29.8 Å². The third kappa shape index (κ3) is 1.90. The minimum atomic E-state index is -4.35. The highest BCUT2D eigenvalue weighted by atomic mass is 32.2. The summed E-state index contributed by atoms with van der Waals surface area (Å²) >= 11 is 0. The summed E-state index contributed by atoms with van der Waals surface area (Å²) in [6.45, 7) is 1.90. The summed E-state index contributed by atoms with van der Waals surface area (Å²) in [7, 11) is -4.35. The third-order valence-corrected chi connectivity index (χ3v) is 5.18. The molecule has 0 spiro atoms. The molecule has 6 nitrogen and oxygen atoms in total. The Labute approximate surface area is 126 Å². The number of aryl methyl sites for hydroxylation is 1. The number of carboxylic acid groups (broad SMARTS) is 1. The first-order chi connectivity index (χ1) is 10.3. The molecule has 0 fully saturated rings. The van der Waals surface area contributed by atoms with E-state index in [1.165, 1.54) is 12.1 Å². The maximum Gasteiger partial charge on any atom is 0.428 e. The zero-order chi connectivity index (χ0) is 16.1. The number of fused-ring (bicyclic) bond motifs is 1. The van der Waals surface area contributed by atoms with Crippen LogP contribution < -0.4 is 0 Å². The summed E-state index contributed by atoms with van der Waals surface area (Å²) in [6.07, 6.45) is -1.81. The van der Waals surface area contributed by atoms with Crippen molar-refractivity contribution in [3.8, 4) is 11.1 Å². The standard InChI is InChI=1S/C15H11NO5S/c1-9-5-7-10(8-6-9)11-3-2-4-12-13(11)14(17)16(15(18)19)22(12,20)21/h2-8H,1H3,(H,18,19). The van der Waals surface area contributed by atoms with Gasteiger partial charge in [-0.2, -0.15) is 0 Å². The van der Waals surface area contributed by atoms with Gasteiger partial charge in [0.1, 0.15) is 4.90 Å².